The molecule has 0 radical (unpaired) electrons. The van der Waals surface area contributed by atoms with E-state index in [-0.39, 0.29) is 26.3 Å². The summed E-state index contributed by atoms with van der Waals surface area (Å²) in [6.45, 7) is 0.614. The molecule has 2 rings (SSSR count). The van der Waals surface area contributed by atoms with Crippen molar-refractivity contribution in [2.45, 2.75) is 12.5 Å². The van der Waals surface area contributed by atoms with Crippen molar-refractivity contribution < 1.29 is 26.3 Å². The Morgan fingerprint density at radius 1 is 0.833 bits per heavy atom. The number of fused-ring (bicyclic) bond motifs is 1. The molecule has 0 unspecified atom stereocenters. The molecule has 2 atom stereocenters. The zero-order valence-electron chi connectivity index (χ0n) is 10.1. The first kappa shape index (κ1) is 14.2. The van der Waals surface area contributed by atoms with Gasteiger partial charge in [-0.05, 0) is 0 Å². The van der Waals surface area contributed by atoms with Crippen molar-refractivity contribution in [1.82, 2.24) is 8.61 Å². The molecule has 18 heavy (non-hydrogen) atoms. The van der Waals surface area contributed by atoms with Crippen molar-refractivity contribution in [3.8, 4) is 0 Å². The van der Waals surface area contributed by atoms with E-state index in [2.05, 4.69) is 0 Å². The number of ether oxygens (including phenoxy) is 2. The maximum atomic E-state index is 11.6. The largest absolute Gasteiger partial charge is 0.355 e. The first-order chi connectivity index (χ1) is 8.21. The molecule has 0 aliphatic carbocycles. The van der Waals surface area contributed by atoms with Crippen LogP contribution < -0.4 is 0 Å². The summed E-state index contributed by atoms with van der Waals surface area (Å²) in [7, 11) is -6.92. The maximum absolute atomic E-state index is 11.6. The fraction of sp³-hybridized carbons (Fsp3) is 1.00. The third-order valence-corrected chi connectivity index (χ3v) is 5.35. The molecule has 10 heteroatoms. The van der Waals surface area contributed by atoms with Gasteiger partial charge in [-0.2, -0.15) is 8.61 Å². The Balaban J connectivity index is 2.32. The minimum atomic E-state index is -3.46. The van der Waals surface area contributed by atoms with Gasteiger partial charge in [0.25, 0.3) is 0 Å². The molecule has 2 saturated heterocycles. The fourth-order valence-corrected chi connectivity index (χ4v) is 4.03. The van der Waals surface area contributed by atoms with Crippen molar-refractivity contribution in [2.24, 2.45) is 0 Å². The van der Waals surface area contributed by atoms with Crippen LogP contribution in [0.15, 0.2) is 0 Å². The number of piperazine rings is 1. The second-order valence-electron chi connectivity index (χ2n) is 4.27. The van der Waals surface area contributed by atoms with E-state index in [0.29, 0.717) is 0 Å². The highest BCUT2D eigenvalue weighted by Crippen LogP contribution is 2.26. The lowest BCUT2D eigenvalue weighted by Gasteiger charge is -2.46. The number of rotatable bonds is 2. The SMILES string of the molecule is CS(=O)(=O)N1CCN(S(C)(=O)=O)[C@H]2OCCO[C@@H]21. The molecule has 0 bridgehead atoms. The van der Waals surface area contributed by atoms with Crippen molar-refractivity contribution in [3.63, 3.8) is 0 Å². The molecule has 2 fully saturated rings. The van der Waals surface area contributed by atoms with Crippen LogP contribution >= 0.6 is 0 Å². The molecule has 0 aromatic carbocycles. The van der Waals surface area contributed by atoms with Gasteiger partial charge in [-0.25, -0.2) is 16.8 Å². The van der Waals surface area contributed by atoms with Crippen molar-refractivity contribution in [2.75, 3.05) is 38.8 Å². The van der Waals surface area contributed by atoms with Gasteiger partial charge in [0.2, 0.25) is 20.0 Å². The lowest BCUT2D eigenvalue weighted by molar-refractivity contribution is -0.224. The van der Waals surface area contributed by atoms with Crippen LogP contribution in [0.25, 0.3) is 0 Å². The van der Waals surface area contributed by atoms with Crippen LogP contribution in [-0.4, -0.2) is 76.7 Å². The molecule has 0 saturated carbocycles. The molecule has 2 aliphatic rings. The Bertz CT molecular complexity index is 468. The summed E-state index contributed by atoms with van der Waals surface area (Å²) in [5, 5.41) is 0. The quantitative estimate of drug-likeness (QED) is 0.599. The van der Waals surface area contributed by atoms with E-state index in [0.717, 1.165) is 21.1 Å². The van der Waals surface area contributed by atoms with Crippen molar-refractivity contribution in [1.29, 1.82) is 0 Å². The lowest BCUT2D eigenvalue weighted by atomic mass is 10.3. The third-order valence-electron chi connectivity index (χ3n) is 2.86. The van der Waals surface area contributed by atoms with Crippen LogP contribution in [0.5, 0.6) is 0 Å². The smallest absolute Gasteiger partial charge is 0.213 e. The predicted molar refractivity (Wildman–Crippen MR) is 62.6 cm³/mol. The second kappa shape index (κ2) is 4.69. The van der Waals surface area contributed by atoms with Crippen LogP contribution in [0.1, 0.15) is 0 Å². The Morgan fingerprint density at radius 2 is 1.17 bits per heavy atom. The van der Waals surface area contributed by atoms with E-state index in [1.165, 1.54) is 0 Å². The molecule has 0 spiro atoms. The zero-order valence-corrected chi connectivity index (χ0v) is 11.8. The molecule has 0 aromatic heterocycles. The molecule has 0 N–H and O–H groups in total. The van der Waals surface area contributed by atoms with Crippen LogP contribution in [0.3, 0.4) is 0 Å². The Kier molecular flexibility index (Phi) is 3.69. The van der Waals surface area contributed by atoms with Crippen LogP contribution in [0.2, 0.25) is 0 Å². The van der Waals surface area contributed by atoms with Gasteiger partial charge in [0.1, 0.15) is 0 Å². The zero-order chi connectivity index (χ0) is 13.6. The number of nitrogens with zero attached hydrogens (tertiary/aromatic N) is 2. The molecular formula is C8H16N2O6S2. The molecule has 0 aromatic rings. The standard InChI is InChI=1S/C8H16N2O6S2/c1-17(11,12)9-3-4-10(18(2,13)14)8-7(9)15-5-6-16-8/h7-8H,3-6H2,1-2H3/t7-,8-/m0/s1. The Hall–Kier alpha value is -0.260. The molecule has 0 amide bonds. The summed E-state index contributed by atoms with van der Waals surface area (Å²) in [6, 6.07) is 0. The third kappa shape index (κ3) is 2.68. The van der Waals surface area contributed by atoms with Gasteiger partial charge >= 0.3 is 0 Å². The van der Waals surface area contributed by atoms with Gasteiger partial charge in [-0.15, -0.1) is 0 Å². The molecule has 2 aliphatic heterocycles. The maximum Gasteiger partial charge on any atom is 0.213 e. The molecule has 2 heterocycles. The van der Waals surface area contributed by atoms with Gasteiger partial charge in [-0.3, -0.25) is 0 Å². The summed E-state index contributed by atoms with van der Waals surface area (Å²) in [4.78, 5) is 0. The summed E-state index contributed by atoms with van der Waals surface area (Å²) in [5.41, 5.74) is 0. The minimum Gasteiger partial charge on any atom is -0.355 e. The van der Waals surface area contributed by atoms with Gasteiger partial charge in [0.05, 0.1) is 25.7 Å². The molecule has 106 valence electrons. The highest BCUT2D eigenvalue weighted by atomic mass is 32.2. The van der Waals surface area contributed by atoms with Gasteiger partial charge in [-0.1, -0.05) is 0 Å². The summed E-state index contributed by atoms with van der Waals surface area (Å²) in [6.07, 6.45) is 0.324. The van der Waals surface area contributed by atoms with E-state index >= 15 is 0 Å². The number of sulfonamides is 2. The van der Waals surface area contributed by atoms with E-state index in [1.807, 2.05) is 0 Å². The van der Waals surface area contributed by atoms with Gasteiger partial charge in [0.15, 0.2) is 12.5 Å². The van der Waals surface area contributed by atoms with Crippen molar-refractivity contribution >= 4 is 20.0 Å². The monoisotopic (exact) mass is 300 g/mol. The van der Waals surface area contributed by atoms with Crippen LogP contribution in [-0.2, 0) is 29.5 Å². The average Bonchev–Trinajstić information content (AvgIpc) is 2.24. The highest BCUT2D eigenvalue weighted by molar-refractivity contribution is 7.88. The predicted octanol–water partition coefficient (Wildman–Crippen LogP) is -1.78. The molecule has 8 nitrogen and oxygen atoms in total. The van der Waals surface area contributed by atoms with Gasteiger partial charge in [0, 0.05) is 13.1 Å². The van der Waals surface area contributed by atoms with Gasteiger partial charge < -0.3 is 9.47 Å². The lowest BCUT2D eigenvalue weighted by Crippen LogP contribution is -2.65. The van der Waals surface area contributed by atoms with Crippen molar-refractivity contribution in [3.05, 3.63) is 0 Å². The van der Waals surface area contributed by atoms with Crippen LogP contribution in [0, 0.1) is 0 Å². The van der Waals surface area contributed by atoms with E-state index in [9.17, 15) is 16.8 Å². The second-order valence-corrected chi connectivity index (χ2v) is 8.14. The number of hydrogen-bond donors (Lipinski definition) is 0. The average molecular weight is 300 g/mol. The first-order valence-corrected chi connectivity index (χ1v) is 9.08. The fourth-order valence-electron chi connectivity index (χ4n) is 2.11. The van der Waals surface area contributed by atoms with Crippen LogP contribution in [0.4, 0.5) is 0 Å². The highest BCUT2D eigenvalue weighted by Gasteiger charge is 2.46. The number of hydrogen-bond acceptors (Lipinski definition) is 6. The Labute approximate surface area is 107 Å². The summed E-state index contributed by atoms with van der Waals surface area (Å²) < 4.78 is 59.5. The summed E-state index contributed by atoms with van der Waals surface area (Å²) >= 11 is 0. The van der Waals surface area contributed by atoms with E-state index in [1.54, 1.807) is 0 Å². The molecular weight excluding hydrogens is 284 g/mol. The first-order valence-electron chi connectivity index (χ1n) is 5.38. The van der Waals surface area contributed by atoms with E-state index < -0.39 is 32.5 Å². The topological polar surface area (TPSA) is 93.2 Å². The minimum absolute atomic E-state index is 0.0659. The Morgan fingerprint density at radius 3 is 1.44 bits per heavy atom. The summed E-state index contributed by atoms with van der Waals surface area (Å²) in [5.74, 6) is 0. The van der Waals surface area contributed by atoms with E-state index in [4.69, 9.17) is 9.47 Å². The normalized spacial score (nSPS) is 32.1.